The number of hydrogen-bond acceptors (Lipinski definition) is 18. The van der Waals surface area contributed by atoms with Gasteiger partial charge in [-0.25, -0.2) is 14.4 Å². The first-order chi connectivity index (χ1) is 37.0. The van der Waals surface area contributed by atoms with E-state index in [1.54, 1.807) is 67.6 Å². The van der Waals surface area contributed by atoms with Crippen LogP contribution in [0.5, 0.6) is 70.6 Å². The predicted octanol–water partition coefficient (Wildman–Crippen LogP) is 13.6. The summed E-state index contributed by atoms with van der Waals surface area (Å²) in [5.41, 5.74) is 3.28. The van der Waals surface area contributed by atoms with Crippen LogP contribution in [0.2, 0.25) is 0 Å². The fourth-order valence-corrected chi connectivity index (χ4v) is 6.04. The van der Waals surface area contributed by atoms with Crippen LogP contribution in [0.4, 0.5) is 0 Å². The van der Waals surface area contributed by atoms with Gasteiger partial charge in [0, 0.05) is 16.7 Å². The van der Waals surface area contributed by atoms with Gasteiger partial charge in [0.2, 0.25) is 0 Å². The zero-order chi connectivity index (χ0) is 55.7. The first-order valence-corrected chi connectivity index (χ1v) is 24.9. The maximum Gasteiger partial charge on any atom is 0.340 e. The number of hydrogen-bond donors (Lipinski definition) is 0. The lowest BCUT2D eigenvalue weighted by Crippen LogP contribution is -2.14. The van der Waals surface area contributed by atoms with Crippen molar-refractivity contribution >= 4 is 17.9 Å². The highest BCUT2D eigenvalue weighted by Crippen LogP contribution is 2.30. The van der Waals surface area contributed by atoms with Gasteiger partial charge in [0.25, 0.3) is 0 Å². The van der Waals surface area contributed by atoms with Crippen LogP contribution in [0, 0.1) is 0 Å². The molecular formula is C59H64N6O12. The number of nitrogens with zero attached hydrogens (tertiary/aromatic N) is 6. The topological polar surface area (TPSA) is 212 Å². The molecule has 77 heavy (non-hydrogen) atoms. The number of benzene rings is 4. The van der Waals surface area contributed by atoms with E-state index in [1.165, 1.54) is 33.1 Å². The summed E-state index contributed by atoms with van der Waals surface area (Å²) in [6.07, 6.45) is 8.81. The van der Waals surface area contributed by atoms with Gasteiger partial charge >= 0.3 is 54.0 Å². The van der Waals surface area contributed by atoms with Crippen molar-refractivity contribution in [1.29, 1.82) is 0 Å². The molecule has 0 radical (unpaired) electrons. The molecule has 0 unspecified atom stereocenters. The second-order valence-electron chi connectivity index (χ2n) is 17.3. The monoisotopic (exact) mass is 1050 g/mol. The summed E-state index contributed by atoms with van der Waals surface area (Å²) in [6, 6.07) is 27.4. The van der Waals surface area contributed by atoms with E-state index < -0.39 is 29.9 Å². The van der Waals surface area contributed by atoms with Crippen LogP contribution >= 0.6 is 0 Å². The van der Waals surface area contributed by atoms with E-state index in [4.69, 9.17) is 42.6 Å². The summed E-state index contributed by atoms with van der Waals surface area (Å²) in [5.74, 6) is 1.53. The minimum Gasteiger partial charge on any atom is -0.494 e. The summed E-state index contributed by atoms with van der Waals surface area (Å²) in [4.78, 5) is 60.2. The SMILES string of the molecule is C=C(C)C(=C)Oc1ccc(Oc2nc(OCCCCCC)nc(Oc3ccc(OC(=O)C(=C)C)cc3)n2)cc1.C=C(C)C(=O)Oc1nc(OC(=O)C(=C)C)nc(Oc2ccc(-c3ccc(OCCCCCC)cc3)cc2)n1. The number of rotatable bonds is 28. The van der Waals surface area contributed by atoms with Crippen molar-refractivity contribution in [1.82, 2.24) is 29.9 Å². The van der Waals surface area contributed by atoms with Crippen LogP contribution in [0.3, 0.4) is 0 Å². The molecule has 0 bridgehead atoms. The fourth-order valence-electron chi connectivity index (χ4n) is 6.04. The second kappa shape index (κ2) is 30.2. The van der Waals surface area contributed by atoms with E-state index in [-0.39, 0.29) is 35.2 Å². The van der Waals surface area contributed by atoms with Crippen molar-refractivity contribution in [2.45, 2.75) is 92.9 Å². The average molecular weight is 1050 g/mol. The minimum atomic E-state index is -0.753. The van der Waals surface area contributed by atoms with E-state index in [0.717, 1.165) is 54.6 Å². The summed E-state index contributed by atoms with van der Waals surface area (Å²) in [6.45, 7) is 30.1. The molecule has 0 N–H and O–H groups in total. The van der Waals surface area contributed by atoms with Gasteiger partial charge in [0.05, 0.1) is 13.2 Å². The number of ether oxygens (including phenoxy) is 9. The lowest BCUT2D eigenvalue weighted by Gasteiger charge is -2.11. The van der Waals surface area contributed by atoms with E-state index in [9.17, 15) is 14.4 Å². The average Bonchev–Trinajstić information content (AvgIpc) is 3.40. The van der Waals surface area contributed by atoms with Crippen molar-refractivity contribution in [3.63, 3.8) is 0 Å². The molecule has 18 nitrogen and oxygen atoms in total. The number of carbonyl (C=O) groups excluding carboxylic acids is 3. The maximum atomic E-state index is 11.9. The molecule has 6 rings (SSSR count). The fraction of sp³-hybridized carbons (Fsp3) is 0.271. The predicted molar refractivity (Wildman–Crippen MR) is 290 cm³/mol. The molecule has 0 saturated carbocycles. The maximum absolute atomic E-state index is 11.9. The summed E-state index contributed by atoms with van der Waals surface area (Å²) in [7, 11) is 0. The van der Waals surface area contributed by atoms with E-state index >= 15 is 0 Å². The Balaban J connectivity index is 0.000000284. The molecule has 0 aliphatic heterocycles. The van der Waals surface area contributed by atoms with Crippen molar-refractivity contribution in [3.05, 3.63) is 158 Å². The lowest BCUT2D eigenvalue weighted by molar-refractivity contribution is -0.131. The van der Waals surface area contributed by atoms with Crippen LogP contribution in [0.1, 0.15) is 92.9 Å². The molecule has 0 spiro atoms. The number of esters is 3. The summed E-state index contributed by atoms with van der Waals surface area (Å²) in [5, 5.41) is 0. The van der Waals surface area contributed by atoms with Gasteiger partial charge in [-0.2, -0.15) is 0 Å². The minimum absolute atomic E-state index is 0.00409. The Hall–Kier alpha value is -9.19. The van der Waals surface area contributed by atoms with Crippen LogP contribution in [-0.2, 0) is 14.4 Å². The third kappa shape index (κ3) is 20.6. The molecule has 0 aliphatic rings. The molecule has 6 aromatic rings. The summed E-state index contributed by atoms with van der Waals surface area (Å²) < 4.78 is 49.9. The highest BCUT2D eigenvalue weighted by atomic mass is 16.6. The summed E-state index contributed by atoms with van der Waals surface area (Å²) >= 11 is 0. The number of carbonyl (C=O) groups is 3. The van der Waals surface area contributed by atoms with Gasteiger partial charge in [-0.15, -0.1) is 29.9 Å². The standard InChI is InChI=1S/C30H33N3O6.C29H31N3O6/c1-7-8-9-10-19-35-28-31-29(38-25-15-11-23(12-16-25)36-22(6)20(2)3)33-30(32-28)39-26-17-13-24(14-18-26)37-27(34)21(4)5;1-6-7-8-9-18-35-23-14-10-21(11-15-23)22-12-16-24(17-13-22)36-27-30-28(37-25(33)19(2)3)32-29(31-27)38-26(34)20(4)5/h11-18H,2,4,6-10,19H2,1,3,5H3;10-17H,2,4,6-9,18H2,1,3,5H3. The van der Waals surface area contributed by atoms with Gasteiger partial charge in [0.15, 0.2) is 0 Å². The van der Waals surface area contributed by atoms with Crippen molar-refractivity contribution in [2.75, 3.05) is 13.2 Å². The Labute approximate surface area is 449 Å². The Morgan fingerprint density at radius 2 is 0.675 bits per heavy atom. The van der Waals surface area contributed by atoms with Gasteiger partial charge in [-0.05, 0) is 130 Å². The second-order valence-corrected chi connectivity index (χ2v) is 17.3. The Kier molecular flexibility index (Phi) is 23.1. The quantitative estimate of drug-likeness (QED) is 0.0112. The van der Waals surface area contributed by atoms with Crippen LogP contribution < -0.4 is 42.6 Å². The van der Waals surface area contributed by atoms with Crippen LogP contribution in [-0.4, -0.2) is 61.0 Å². The van der Waals surface area contributed by atoms with Crippen LogP contribution in [0.15, 0.2) is 158 Å². The third-order valence-electron chi connectivity index (χ3n) is 10.3. The van der Waals surface area contributed by atoms with E-state index in [0.29, 0.717) is 53.3 Å². The van der Waals surface area contributed by atoms with E-state index in [1.807, 2.05) is 43.3 Å². The number of allylic oxidation sites excluding steroid dienone is 1. The number of unbranched alkanes of at least 4 members (excludes halogenated alkanes) is 6. The molecule has 402 valence electrons. The molecule has 0 fully saturated rings. The molecule has 2 aromatic heterocycles. The number of aromatic nitrogens is 6. The molecule has 0 atom stereocenters. The first-order valence-electron chi connectivity index (χ1n) is 24.9. The van der Waals surface area contributed by atoms with Gasteiger partial charge in [-0.1, -0.05) is 110 Å². The van der Waals surface area contributed by atoms with Crippen molar-refractivity contribution in [3.8, 4) is 81.7 Å². The molecule has 0 saturated heterocycles. The van der Waals surface area contributed by atoms with Crippen molar-refractivity contribution in [2.24, 2.45) is 0 Å². The molecule has 0 aliphatic carbocycles. The zero-order valence-corrected chi connectivity index (χ0v) is 44.4. The zero-order valence-electron chi connectivity index (χ0n) is 44.4. The lowest BCUT2D eigenvalue weighted by atomic mass is 10.1. The van der Waals surface area contributed by atoms with Crippen molar-refractivity contribution < 1.29 is 57.0 Å². The Morgan fingerprint density at radius 1 is 0.351 bits per heavy atom. The Morgan fingerprint density at radius 3 is 1.08 bits per heavy atom. The smallest absolute Gasteiger partial charge is 0.340 e. The van der Waals surface area contributed by atoms with Crippen LogP contribution in [0.25, 0.3) is 11.1 Å². The largest absolute Gasteiger partial charge is 0.494 e. The Bertz CT molecular complexity index is 2860. The van der Waals surface area contributed by atoms with E-state index in [2.05, 4.69) is 76.6 Å². The highest BCUT2D eigenvalue weighted by Gasteiger charge is 2.18. The van der Waals surface area contributed by atoms with Gasteiger partial charge in [-0.3, -0.25) is 0 Å². The first kappa shape index (κ1) is 58.7. The third-order valence-corrected chi connectivity index (χ3v) is 10.3. The molecule has 2 heterocycles. The normalized spacial score (nSPS) is 10.4. The molecule has 0 amide bonds. The highest BCUT2D eigenvalue weighted by molar-refractivity contribution is 5.89. The molecule has 18 heteroatoms. The van der Waals surface area contributed by atoms with Gasteiger partial charge in [0.1, 0.15) is 40.3 Å². The molecule has 4 aromatic carbocycles. The molecular weight excluding hydrogens is 985 g/mol. The van der Waals surface area contributed by atoms with Gasteiger partial charge < -0.3 is 42.6 Å².